The molecule has 51 heavy (non-hydrogen) atoms. The second-order valence-electron chi connectivity index (χ2n) is 11.3. The summed E-state index contributed by atoms with van der Waals surface area (Å²) in [6.45, 7) is -1.20. The summed E-state index contributed by atoms with van der Waals surface area (Å²) in [7, 11) is 0. The van der Waals surface area contributed by atoms with Crippen LogP contribution < -0.4 is 0 Å². The Morgan fingerprint density at radius 2 is 1.18 bits per heavy atom. The summed E-state index contributed by atoms with van der Waals surface area (Å²) < 4.78 is 32.6. The van der Waals surface area contributed by atoms with Crippen LogP contribution in [0.25, 0.3) is 0 Å². The smallest absolute Gasteiger partial charge is 0.338 e. The minimum absolute atomic E-state index is 0.0525. The molecule has 1 aliphatic heterocycles. The predicted molar refractivity (Wildman–Crippen MR) is 187 cm³/mol. The van der Waals surface area contributed by atoms with Crippen molar-refractivity contribution in [1.82, 2.24) is 0 Å². The van der Waals surface area contributed by atoms with Crippen molar-refractivity contribution in [2.75, 3.05) is 13.2 Å². The molecule has 0 amide bonds. The van der Waals surface area contributed by atoms with Gasteiger partial charge in [0.15, 0.2) is 11.7 Å². The number of benzene rings is 4. The van der Waals surface area contributed by atoms with Crippen LogP contribution in [0.2, 0.25) is 0 Å². The van der Waals surface area contributed by atoms with Crippen LogP contribution in [0.15, 0.2) is 121 Å². The zero-order valence-corrected chi connectivity index (χ0v) is 29.0. The molecule has 1 saturated heterocycles. The largest absolute Gasteiger partial charge is 0.459 e. The Kier molecular flexibility index (Phi) is 12.7. The Bertz CT molecular complexity index is 1780. The third-order valence-electron chi connectivity index (χ3n) is 7.73. The van der Waals surface area contributed by atoms with E-state index in [9.17, 15) is 19.5 Å². The molecule has 266 valence electrons. The van der Waals surface area contributed by atoms with Gasteiger partial charge < -0.3 is 33.5 Å². The predicted octanol–water partition coefficient (Wildman–Crippen LogP) is 6.33. The summed E-state index contributed by atoms with van der Waals surface area (Å²) in [5, 5.41) is 20.9. The number of aliphatic hydroxyl groups is 1. The molecular formula is C37H32Cl3NO10. The number of carbonyl (C=O) groups is 3. The maximum atomic E-state index is 13.7. The molecule has 5 atom stereocenters. The van der Waals surface area contributed by atoms with Gasteiger partial charge in [0.2, 0.25) is 18.3 Å². The first-order valence-electron chi connectivity index (χ1n) is 15.5. The van der Waals surface area contributed by atoms with Gasteiger partial charge in [-0.3, -0.25) is 5.41 Å². The number of hydrogen-bond acceptors (Lipinski definition) is 11. The molecule has 0 aromatic heterocycles. The molecule has 0 radical (unpaired) electrons. The third-order valence-corrected chi connectivity index (χ3v) is 8.24. The molecule has 0 unspecified atom stereocenters. The van der Waals surface area contributed by atoms with Crippen molar-refractivity contribution >= 4 is 58.6 Å². The Labute approximate surface area is 308 Å². The lowest BCUT2D eigenvalue weighted by atomic mass is 9.84. The van der Waals surface area contributed by atoms with Crippen molar-refractivity contribution in [3.05, 3.63) is 144 Å². The summed E-state index contributed by atoms with van der Waals surface area (Å²) in [4.78, 5) is 40.3. The fourth-order valence-electron chi connectivity index (χ4n) is 5.11. The van der Waals surface area contributed by atoms with E-state index in [1.54, 1.807) is 54.6 Å². The number of rotatable bonds is 12. The van der Waals surface area contributed by atoms with Gasteiger partial charge in [0.05, 0.1) is 29.9 Å². The van der Waals surface area contributed by atoms with E-state index in [1.807, 2.05) is 30.3 Å². The molecule has 0 bridgehead atoms. The number of alkyl halides is 3. The van der Waals surface area contributed by atoms with Gasteiger partial charge in [-0.25, -0.2) is 14.4 Å². The third kappa shape index (κ3) is 9.85. The number of carbonyl (C=O) groups excluding carboxylic acids is 3. The molecule has 2 N–H and O–H groups in total. The summed E-state index contributed by atoms with van der Waals surface area (Å²) >= 11 is 17.8. The quantitative estimate of drug-likeness (QED) is 0.0552. The molecule has 0 spiro atoms. The van der Waals surface area contributed by atoms with Gasteiger partial charge in [-0.1, -0.05) is 120 Å². The molecule has 1 heterocycles. The van der Waals surface area contributed by atoms with Crippen LogP contribution in [-0.2, 0) is 35.0 Å². The van der Waals surface area contributed by atoms with Crippen LogP contribution in [0.5, 0.6) is 0 Å². The standard InChI is InChI=1S/C37H32Cl3NO10/c38-37(39,40)35(41)51-34-29(49-32(43)26-17-9-3-10-18-26)30(50-33(44)27-19-11-4-12-20-27)36(45,23-47-31(42)25-15-7-2-8-16-25)28(48-34)22-46-21-24-13-5-1-6-14-24/h1-20,28-30,34,41,45H,21-23H2/t28-,29-,30-,34-,36+/m1/s1. The van der Waals surface area contributed by atoms with E-state index >= 15 is 0 Å². The lowest BCUT2D eigenvalue weighted by molar-refractivity contribution is -0.322. The first kappa shape index (κ1) is 37.8. The number of ether oxygens (including phenoxy) is 6. The van der Waals surface area contributed by atoms with Gasteiger partial charge in [-0.2, -0.15) is 0 Å². The van der Waals surface area contributed by atoms with Gasteiger partial charge in [0.1, 0.15) is 12.7 Å². The Balaban J connectivity index is 1.57. The fourth-order valence-corrected chi connectivity index (χ4v) is 5.24. The Hall–Kier alpha value is -4.49. The molecular weight excluding hydrogens is 725 g/mol. The Morgan fingerprint density at radius 3 is 1.69 bits per heavy atom. The van der Waals surface area contributed by atoms with E-state index in [-0.39, 0.29) is 23.3 Å². The normalized spacial score (nSPS) is 21.6. The van der Waals surface area contributed by atoms with Gasteiger partial charge in [-0.05, 0) is 42.0 Å². The van der Waals surface area contributed by atoms with Crippen molar-refractivity contribution in [3.63, 3.8) is 0 Å². The molecule has 5 rings (SSSR count). The minimum atomic E-state index is -2.48. The second-order valence-corrected chi connectivity index (χ2v) is 13.6. The van der Waals surface area contributed by atoms with Crippen LogP contribution in [0.4, 0.5) is 0 Å². The average Bonchev–Trinajstić information content (AvgIpc) is 3.14. The van der Waals surface area contributed by atoms with E-state index in [0.29, 0.717) is 0 Å². The lowest BCUT2D eigenvalue weighted by Crippen LogP contribution is -2.71. The van der Waals surface area contributed by atoms with Crippen LogP contribution in [0, 0.1) is 5.41 Å². The van der Waals surface area contributed by atoms with Crippen LogP contribution in [0.3, 0.4) is 0 Å². The first-order chi connectivity index (χ1) is 24.5. The average molecular weight is 757 g/mol. The van der Waals surface area contributed by atoms with E-state index in [0.717, 1.165) is 5.56 Å². The van der Waals surface area contributed by atoms with Crippen molar-refractivity contribution in [2.45, 2.75) is 40.6 Å². The highest BCUT2D eigenvalue weighted by atomic mass is 35.6. The monoisotopic (exact) mass is 755 g/mol. The molecule has 1 fully saturated rings. The van der Waals surface area contributed by atoms with E-state index in [1.165, 1.54) is 36.4 Å². The zero-order chi connectivity index (χ0) is 36.4. The second kappa shape index (κ2) is 17.1. The molecule has 4 aromatic rings. The van der Waals surface area contributed by atoms with Crippen molar-refractivity contribution < 1.29 is 47.9 Å². The SMILES string of the molecule is N=C(O[C@H]1O[C@H](COCc2ccccc2)[C@@](O)(COC(=O)c2ccccc2)[C@H](OC(=O)c2ccccc2)[C@H]1OC(=O)c1ccccc1)C(Cl)(Cl)Cl. The Morgan fingerprint density at radius 1 is 0.706 bits per heavy atom. The summed E-state index contributed by atoms with van der Waals surface area (Å²) in [5.74, 6) is -3.65. The fraction of sp³-hybridized carbons (Fsp3) is 0.243. The maximum Gasteiger partial charge on any atom is 0.338 e. The minimum Gasteiger partial charge on any atom is -0.459 e. The highest BCUT2D eigenvalue weighted by Crippen LogP contribution is 2.38. The number of esters is 3. The van der Waals surface area contributed by atoms with E-state index in [4.69, 9.17) is 68.6 Å². The van der Waals surface area contributed by atoms with Crippen LogP contribution in [0.1, 0.15) is 36.6 Å². The highest BCUT2D eigenvalue weighted by Gasteiger charge is 2.62. The molecule has 1 aliphatic rings. The molecule has 4 aromatic carbocycles. The molecule has 14 heteroatoms. The highest BCUT2D eigenvalue weighted by molar-refractivity contribution is 6.76. The van der Waals surface area contributed by atoms with Gasteiger partial charge in [-0.15, -0.1) is 0 Å². The summed E-state index contributed by atoms with van der Waals surface area (Å²) in [5.41, 5.74) is -1.39. The topological polar surface area (TPSA) is 151 Å². The lowest BCUT2D eigenvalue weighted by Gasteiger charge is -2.49. The number of nitrogens with one attached hydrogen (secondary N) is 1. The molecule has 11 nitrogen and oxygen atoms in total. The van der Waals surface area contributed by atoms with E-state index in [2.05, 4.69) is 0 Å². The van der Waals surface area contributed by atoms with Crippen molar-refractivity contribution in [2.24, 2.45) is 0 Å². The van der Waals surface area contributed by atoms with Crippen molar-refractivity contribution in [1.29, 1.82) is 5.41 Å². The number of hydrogen-bond donors (Lipinski definition) is 2. The van der Waals surface area contributed by atoms with Gasteiger partial charge in [0, 0.05) is 0 Å². The van der Waals surface area contributed by atoms with Crippen LogP contribution in [-0.4, -0.2) is 76.1 Å². The number of halogens is 3. The zero-order valence-electron chi connectivity index (χ0n) is 26.7. The van der Waals surface area contributed by atoms with E-state index < -0.39 is 71.0 Å². The molecule has 0 saturated carbocycles. The summed E-state index contributed by atoms with van der Waals surface area (Å²) in [6.07, 6.45) is -7.10. The van der Waals surface area contributed by atoms with Gasteiger partial charge >= 0.3 is 17.9 Å². The molecule has 0 aliphatic carbocycles. The van der Waals surface area contributed by atoms with Crippen molar-refractivity contribution in [3.8, 4) is 0 Å². The maximum absolute atomic E-state index is 13.7. The van der Waals surface area contributed by atoms with Crippen LogP contribution >= 0.6 is 34.8 Å². The summed E-state index contributed by atoms with van der Waals surface area (Å²) in [6, 6.07) is 32.6. The van der Waals surface area contributed by atoms with Gasteiger partial charge in [0.25, 0.3) is 3.79 Å². The first-order valence-corrected chi connectivity index (χ1v) is 16.6.